The highest BCUT2D eigenvalue weighted by Gasteiger charge is 2.26. The SMILES string of the molecule is O=C(N1CCOCC1)N1CCN(CCCC(c2ccc(F)cc2)c2ccc(F)cc2)CC1.O=C(O)C(=O)O. The predicted molar refractivity (Wildman–Crippen MR) is 135 cm³/mol. The molecule has 2 aromatic carbocycles. The van der Waals surface area contributed by atoms with E-state index in [0.29, 0.717) is 26.3 Å². The summed E-state index contributed by atoms with van der Waals surface area (Å²) in [5, 5.41) is 14.8. The van der Waals surface area contributed by atoms with Gasteiger partial charge in [-0.2, -0.15) is 0 Å². The molecule has 2 aliphatic rings. The first-order chi connectivity index (χ1) is 18.2. The average molecular weight is 534 g/mol. The van der Waals surface area contributed by atoms with Crippen LogP contribution in [0.25, 0.3) is 0 Å². The van der Waals surface area contributed by atoms with E-state index in [4.69, 9.17) is 24.5 Å². The van der Waals surface area contributed by atoms with E-state index >= 15 is 0 Å². The van der Waals surface area contributed by atoms with Crippen LogP contribution in [-0.4, -0.2) is 102 Å². The first-order valence-corrected chi connectivity index (χ1v) is 12.6. The molecule has 0 aliphatic carbocycles. The van der Waals surface area contributed by atoms with Crippen molar-refractivity contribution in [2.75, 3.05) is 59.0 Å². The molecule has 2 fully saturated rings. The monoisotopic (exact) mass is 533 g/mol. The fourth-order valence-corrected chi connectivity index (χ4v) is 4.55. The summed E-state index contributed by atoms with van der Waals surface area (Å²) in [4.78, 5) is 37.1. The number of carboxylic acids is 2. The summed E-state index contributed by atoms with van der Waals surface area (Å²) in [5.74, 6) is -4.06. The van der Waals surface area contributed by atoms with Gasteiger partial charge in [0.2, 0.25) is 0 Å². The van der Waals surface area contributed by atoms with E-state index in [9.17, 15) is 13.6 Å². The molecule has 2 aromatic rings. The smallest absolute Gasteiger partial charge is 0.414 e. The summed E-state index contributed by atoms with van der Waals surface area (Å²) >= 11 is 0. The van der Waals surface area contributed by atoms with Gasteiger partial charge in [0.05, 0.1) is 13.2 Å². The Kier molecular flexibility index (Phi) is 11.0. The maximum atomic E-state index is 13.4. The first kappa shape index (κ1) is 29.0. The molecule has 0 radical (unpaired) electrons. The van der Waals surface area contributed by atoms with Gasteiger partial charge >= 0.3 is 18.0 Å². The summed E-state index contributed by atoms with van der Waals surface area (Å²) in [5.41, 5.74) is 2.08. The zero-order valence-corrected chi connectivity index (χ0v) is 21.1. The molecule has 2 aliphatic heterocycles. The van der Waals surface area contributed by atoms with E-state index in [1.165, 1.54) is 24.3 Å². The van der Waals surface area contributed by atoms with Crippen LogP contribution in [0.1, 0.15) is 29.9 Å². The number of halogens is 2. The first-order valence-electron chi connectivity index (χ1n) is 12.6. The van der Waals surface area contributed by atoms with Gasteiger partial charge in [-0.05, 0) is 54.8 Å². The van der Waals surface area contributed by atoms with Crippen LogP contribution in [0.4, 0.5) is 13.6 Å². The highest BCUT2D eigenvalue weighted by Crippen LogP contribution is 2.30. The molecule has 11 heteroatoms. The van der Waals surface area contributed by atoms with Crippen molar-refractivity contribution in [2.45, 2.75) is 18.8 Å². The number of carbonyl (C=O) groups excluding carboxylic acids is 1. The maximum Gasteiger partial charge on any atom is 0.414 e. The van der Waals surface area contributed by atoms with Crippen molar-refractivity contribution in [2.24, 2.45) is 0 Å². The van der Waals surface area contributed by atoms with Crippen LogP contribution in [0.15, 0.2) is 48.5 Å². The molecule has 4 rings (SSSR count). The molecule has 0 unspecified atom stereocenters. The van der Waals surface area contributed by atoms with Gasteiger partial charge in [0.15, 0.2) is 0 Å². The minimum Gasteiger partial charge on any atom is -0.473 e. The average Bonchev–Trinajstić information content (AvgIpc) is 2.93. The number of piperazine rings is 1. The van der Waals surface area contributed by atoms with Gasteiger partial charge in [0.1, 0.15) is 11.6 Å². The van der Waals surface area contributed by atoms with Crippen molar-refractivity contribution in [1.82, 2.24) is 14.7 Å². The maximum absolute atomic E-state index is 13.4. The van der Waals surface area contributed by atoms with Crippen LogP contribution in [0, 0.1) is 11.6 Å². The molecule has 0 aromatic heterocycles. The van der Waals surface area contributed by atoms with Gasteiger partial charge < -0.3 is 24.7 Å². The Morgan fingerprint density at radius 3 is 1.63 bits per heavy atom. The van der Waals surface area contributed by atoms with Gasteiger partial charge in [-0.15, -0.1) is 0 Å². The number of rotatable bonds is 6. The largest absolute Gasteiger partial charge is 0.473 e. The van der Waals surface area contributed by atoms with Crippen molar-refractivity contribution >= 4 is 18.0 Å². The zero-order chi connectivity index (χ0) is 27.5. The Balaban J connectivity index is 0.000000599. The fraction of sp³-hybridized carbons (Fsp3) is 0.444. The number of carbonyl (C=O) groups is 3. The molecular formula is C27H33F2N3O6. The third kappa shape index (κ3) is 8.77. The van der Waals surface area contributed by atoms with Crippen LogP contribution in [-0.2, 0) is 14.3 Å². The number of aliphatic carboxylic acids is 2. The van der Waals surface area contributed by atoms with Crippen LogP contribution in [0.2, 0.25) is 0 Å². The number of amides is 2. The molecule has 2 heterocycles. The number of morpholine rings is 1. The topological polar surface area (TPSA) is 111 Å². The van der Waals surface area contributed by atoms with Gasteiger partial charge in [-0.1, -0.05) is 24.3 Å². The Morgan fingerprint density at radius 2 is 1.18 bits per heavy atom. The third-order valence-electron chi connectivity index (χ3n) is 6.62. The summed E-state index contributed by atoms with van der Waals surface area (Å²) in [7, 11) is 0. The number of hydrogen-bond acceptors (Lipinski definition) is 5. The lowest BCUT2D eigenvalue weighted by Gasteiger charge is -2.38. The number of benzene rings is 2. The second-order valence-electron chi connectivity index (χ2n) is 9.12. The van der Waals surface area contributed by atoms with Crippen molar-refractivity contribution in [3.63, 3.8) is 0 Å². The Bertz CT molecular complexity index is 996. The van der Waals surface area contributed by atoms with E-state index in [1.54, 1.807) is 0 Å². The third-order valence-corrected chi connectivity index (χ3v) is 6.62. The van der Waals surface area contributed by atoms with Crippen molar-refractivity contribution in [1.29, 1.82) is 0 Å². The van der Waals surface area contributed by atoms with E-state index in [2.05, 4.69) is 4.90 Å². The standard InChI is InChI=1S/C25H31F2N3O2.C2H2O4/c26-22-7-3-20(4-8-22)24(21-5-9-23(27)10-6-21)2-1-11-28-12-14-29(15-13-28)25(31)30-16-18-32-19-17-30;3-1(4)2(5)6/h3-10,24H,1-2,11-19H2;(H,3,4)(H,5,6). The Morgan fingerprint density at radius 1 is 0.737 bits per heavy atom. The van der Waals surface area contributed by atoms with E-state index < -0.39 is 11.9 Å². The quantitative estimate of drug-likeness (QED) is 0.549. The molecule has 0 spiro atoms. The molecule has 2 amide bonds. The minimum atomic E-state index is -1.82. The van der Waals surface area contributed by atoms with Crippen LogP contribution < -0.4 is 0 Å². The van der Waals surface area contributed by atoms with Crippen molar-refractivity contribution < 1.29 is 38.1 Å². The lowest BCUT2D eigenvalue weighted by molar-refractivity contribution is -0.159. The molecule has 38 heavy (non-hydrogen) atoms. The summed E-state index contributed by atoms with van der Waals surface area (Å²) in [6, 6.07) is 13.3. The van der Waals surface area contributed by atoms with Gasteiger partial charge in [-0.25, -0.2) is 23.2 Å². The van der Waals surface area contributed by atoms with E-state index in [-0.39, 0.29) is 23.6 Å². The summed E-state index contributed by atoms with van der Waals surface area (Å²) in [6.07, 6.45) is 1.86. The highest BCUT2D eigenvalue weighted by atomic mass is 19.1. The van der Waals surface area contributed by atoms with E-state index in [1.807, 2.05) is 34.1 Å². The van der Waals surface area contributed by atoms with Crippen molar-refractivity contribution in [3.8, 4) is 0 Å². The van der Waals surface area contributed by atoms with Crippen LogP contribution >= 0.6 is 0 Å². The number of hydrogen-bond donors (Lipinski definition) is 2. The number of carboxylic acid groups (broad SMARTS) is 2. The number of urea groups is 1. The van der Waals surface area contributed by atoms with Crippen molar-refractivity contribution in [3.05, 3.63) is 71.3 Å². The van der Waals surface area contributed by atoms with E-state index in [0.717, 1.165) is 56.7 Å². The highest BCUT2D eigenvalue weighted by molar-refractivity contribution is 6.27. The molecule has 9 nitrogen and oxygen atoms in total. The van der Waals surface area contributed by atoms with Crippen LogP contribution in [0.5, 0.6) is 0 Å². The van der Waals surface area contributed by atoms with Crippen LogP contribution in [0.3, 0.4) is 0 Å². The Hall–Kier alpha value is -3.57. The van der Waals surface area contributed by atoms with Gasteiger partial charge in [0, 0.05) is 45.2 Å². The lowest BCUT2D eigenvalue weighted by Crippen LogP contribution is -2.54. The van der Waals surface area contributed by atoms with Gasteiger partial charge in [-0.3, -0.25) is 4.90 Å². The number of nitrogens with zero attached hydrogens (tertiary/aromatic N) is 3. The lowest BCUT2D eigenvalue weighted by atomic mass is 9.87. The molecular weight excluding hydrogens is 500 g/mol. The molecule has 0 bridgehead atoms. The second kappa shape index (κ2) is 14.4. The molecule has 0 saturated carbocycles. The summed E-state index contributed by atoms with van der Waals surface area (Å²) in [6.45, 7) is 6.76. The fourth-order valence-electron chi connectivity index (χ4n) is 4.55. The zero-order valence-electron chi connectivity index (χ0n) is 21.1. The molecule has 2 saturated heterocycles. The van der Waals surface area contributed by atoms with Gasteiger partial charge in [0.25, 0.3) is 0 Å². The predicted octanol–water partition coefficient (Wildman–Crippen LogP) is 3.10. The Labute approximate surface area is 220 Å². The summed E-state index contributed by atoms with van der Waals surface area (Å²) < 4.78 is 32.2. The second-order valence-corrected chi connectivity index (χ2v) is 9.12. The molecule has 0 atom stereocenters. The normalized spacial score (nSPS) is 16.1. The number of ether oxygens (including phenoxy) is 1. The molecule has 206 valence electrons. The molecule has 2 N–H and O–H groups in total. The minimum absolute atomic E-state index is 0.0976.